The van der Waals surface area contributed by atoms with Gasteiger partial charge in [0.05, 0.1) is 18.6 Å². The van der Waals surface area contributed by atoms with Gasteiger partial charge in [-0.25, -0.2) is 0 Å². The van der Waals surface area contributed by atoms with E-state index in [1.165, 1.54) is 0 Å². The number of amides is 3. The average Bonchev–Trinajstić information content (AvgIpc) is 2.97. The fourth-order valence-electron chi connectivity index (χ4n) is 2.68. The first kappa shape index (κ1) is 20.5. The van der Waals surface area contributed by atoms with Gasteiger partial charge >= 0.3 is 0 Å². The first-order valence-corrected chi connectivity index (χ1v) is 9.74. The molecule has 1 heterocycles. The summed E-state index contributed by atoms with van der Waals surface area (Å²) in [5, 5.41) is 2.18. The number of rotatable bonds is 7. The molecule has 0 atom stereocenters. The van der Waals surface area contributed by atoms with E-state index >= 15 is 0 Å². The van der Waals surface area contributed by atoms with Crippen LogP contribution in [0, 0.1) is 0 Å². The topological polar surface area (TPSA) is 84.9 Å². The van der Waals surface area contributed by atoms with Crippen molar-refractivity contribution in [3.8, 4) is 11.5 Å². The molecular weight excluding hydrogens is 392 g/mol. The number of para-hydroxylation sites is 1. The van der Waals surface area contributed by atoms with Crippen molar-refractivity contribution in [1.82, 2.24) is 4.90 Å². The van der Waals surface area contributed by atoms with Gasteiger partial charge in [-0.3, -0.25) is 19.3 Å². The molecule has 7 nitrogen and oxygen atoms in total. The Balaban J connectivity index is 1.69. The molecule has 0 bridgehead atoms. The molecule has 1 aliphatic heterocycles. The molecule has 0 aromatic heterocycles. The highest BCUT2D eigenvalue weighted by Gasteiger charge is 2.36. The van der Waals surface area contributed by atoms with Crippen molar-refractivity contribution in [2.75, 3.05) is 25.6 Å². The normalized spacial score (nSPS) is 15.0. The Morgan fingerprint density at radius 1 is 1.14 bits per heavy atom. The van der Waals surface area contributed by atoms with Crippen molar-refractivity contribution < 1.29 is 23.9 Å². The maximum atomic E-state index is 12.6. The molecular formula is C21H20N2O5S. The SMILES string of the molecule is CCOc1ccccc1/C=C1/SC(=O)N(CC(=O)Nc2ccc(OC)cc2)C1=O. The highest BCUT2D eigenvalue weighted by Crippen LogP contribution is 2.33. The summed E-state index contributed by atoms with van der Waals surface area (Å²) in [5.74, 6) is 0.315. The summed E-state index contributed by atoms with van der Waals surface area (Å²) >= 11 is 0.803. The van der Waals surface area contributed by atoms with E-state index in [0.29, 0.717) is 29.4 Å². The molecule has 0 aliphatic carbocycles. The van der Waals surface area contributed by atoms with Gasteiger partial charge in [0.2, 0.25) is 5.91 Å². The predicted molar refractivity (Wildman–Crippen MR) is 112 cm³/mol. The molecule has 2 aromatic carbocycles. The van der Waals surface area contributed by atoms with Crippen LogP contribution in [-0.2, 0) is 9.59 Å². The number of nitrogens with zero attached hydrogens (tertiary/aromatic N) is 1. The number of imide groups is 1. The number of carbonyl (C=O) groups excluding carboxylic acids is 3. The Hall–Kier alpha value is -3.26. The van der Waals surface area contributed by atoms with Crippen molar-refractivity contribution in [3.63, 3.8) is 0 Å². The first-order chi connectivity index (χ1) is 14.0. The van der Waals surface area contributed by atoms with Crippen molar-refractivity contribution in [3.05, 3.63) is 59.0 Å². The molecule has 3 rings (SSSR count). The lowest BCUT2D eigenvalue weighted by molar-refractivity contribution is -0.127. The van der Waals surface area contributed by atoms with Crippen LogP contribution in [0.4, 0.5) is 10.5 Å². The third-order valence-corrected chi connectivity index (χ3v) is 4.96. The van der Waals surface area contributed by atoms with Crippen molar-refractivity contribution >= 4 is 40.6 Å². The number of thioether (sulfide) groups is 1. The van der Waals surface area contributed by atoms with Gasteiger partial charge in [-0.15, -0.1) is 0 Å². The third kappa shape index (κ3) is 4.97. The number of anilines is 1. The number of methoxy groups -OCH3 is 1. The molecule has 1 aliphatic rings. The molecule has 1 saturated heterocycles. The van der Waals surface area contributed by atoms with Crippen molar-refractivity contribution in [2.45, 2.75) is 6.92 Å². The maximum absolute atomic E-state index is 12.6. The third-order valence-electron chi connectivity index (χ3n) is 4.05. The second-order valence-electron chi connectivity index (χ2n) is 6.02. The van der Waals surface area contributed by atoms with Gasteiger partial charge in [0.15, 0.2) is 0 Å². The highest BCUT2D eigenvalue weighted by molar-refractivity contribution is 8.18. The van der Waals surface area contributed by atoms with Crippen LogP contribution < -0.4 is 14.8 Å². The van der Waals surface area contributed by atoms with Crippen LogP contribution in [0.2, 0.25) is 0 Å². The minimum absolute atomic E-state index is 0.249. The molecule has 2 aromatic rings. The molecule has 8 heteroatoms. The molecule has 0 radical (unpaired) electrons. The van der Waals surface area contributed by atoms with E-state index in [9.17, 15) is 14.4 Å². The second kappa shape index (κ2) is 9.29. The van der Waals surface area contributed by atoms with E-state index in [4.69, 9.17) is 9.47 Å². The minimum atomic E-state index is -0.504. The zero-order valence-electron chi connectivity index (χ0n) is 16.0. The summed E-state index contributed by atoms with van der Waals surface area (Å²) < 4.78 is 10.6. The van der Waals surface area contributed by atoms with E-state index in [2.05, 4.69) is 5.32 Å². The summed E-state index contributed by atoms with van der Waals surface area (Å²) in [4.78, 5) is 38.4. The summed E-state index contributed by atoms with van der Waals surface area (Å²) in [6.45, 7) is 1.99. The lowest BCUT2D eigenvalue weighted by Gasteiger charge is -2.12. The monoisotopic (exact) mass is 412 g/mol. The number of benzene rings is 2. The molecule has 0 unspecified atom stereocenters. The van der Waals surface area contributed by atoms with Gasteiger partial charge in [-0.05, 0) is 55.1 Å². The van der Waals surface area contributed by atoms with E-state index in [0.717, 1.165) is 16.7 Å². The van der Waals surface area contributed by atoms with Gasteiger partial charge in [-0.2, -0.15) is 0 Å². The zero-order valence-corrected chi connectivity index (χ0v) is 16.8. The van der Waals surface area contributed by atoms with Crippen LogP contribution in [0.1, 0.15) is 12.5 Å². The zero-order chi connectivity index (χ0) is 20.8. The summed E-state index contributed by atoms with van der Waals surface area (Å²) in [7, 11) is 1.55. The Bertz CT molecular complexity index is 956. The van der Waals surface area contributed by atoms with Crippen LogP contribution in [0.3, 0.4) is 0 Å². The molecule has 1 N–H and O–H groups in total. The Labute approximate surface area is 172 Å². The number of carbonyl (C=O) groups is 3. The van der Waals surface area contributed by atoms with Crippen LogP contribution >= 0.6 is 11.8 Å². The summed E-state index contributed by atoms with van der Waals surface area (Å²) in [6, 6.07) is 14.0. The number of hydrogen-bond donors (Lipinski definition) is 1. The number of hydrogen-bond acceptors (Lipinski definition) is 6. The number of ether oxygens (including phenoxy) is 2. The number of nitrogens with one attached hydrogen (secondary N) is 1. The second-order valence-corrected chi connectivity index (χ2v) is 7.01. The van der Waals surface area contributed by atoms with E-state index in [1.807, 2.05) is 19.1 Å². The standard InChI is InChI=1S/C21H20N2O5S/c1-3-28-17-7-5-4-6-14(17)12-18-20(25)23(21(26)29-18)13-19(24)22-15-8-10-16(27-2)11-9-15/h4-12H,3,13H2,1-2H3,(H,22,24)/b18-12+. The van der Waals surface area contributed by atoms with Gasteiger partial charge in [0.25, 0.3) is 11.1 Å². The fourth-order valence-corrected chi connectivity index (χ4v) is 3.51. The lowest BCUT2D eigenvalue weighted by Crippen LogP contribution is -2.36. The van der Waals surface area contributed by atoms with Crippen molar-refractivity contribution in [1.29, 1.82) is 0 Å². The van der Waals surface area contributed by atoms with Gasteiger partial charge < -0.3 is 14.8 Å². The predicted octanol–water partition coefficient (Wildman–Crippen LogP) is 3.77. The van der Waals surface area contributed by atoms with Crippen LogP contribution in [0.15, 0.2) is 53.4 Å². The van der Waals surface area contributed by atoms with Crippen LogP contribution in [0.5, 0.6) is 11.5 Å². The van der Waals surface area contributed by atoms with E-state index < -0.39 is 17.1 Å². The highest BCUT2D eigenvalue weighted by atomic mass is 32.2. The Kier molecular flexibility index (Phi) is 6.56. The van der Waals surface area contributed by atoms with E-state index in [1.54, 1.807) is 49.6 Å². The van der Waals surface area contributed by atoms with Crippen molar-refractivity contribution in [2.24, 2.45) is 0 Å². The smallest absolute Gasteiger partial charge is 0.294 e. The van der Waals surface area contributed by atoms with Gasteiger partial charge in [0.1, 0.15) is 18.0 Å². The van der Waals surface area contributed by atoms with Gasteiger partial charge in [0, 0.05) is 11.3 Å². The Morgan fingerprint density at radius 3 is 2.55 bits per heavy atom. The fraction of sp³-hybridized carbons (Fsp3) is 0.190. The van der Waals surface area contributed by atoms with Crippen LogP contribution in [0.25, 0.3) is 6.08 Å². The summed E-state index contributed by atoms with van der Waals surface area (Å²) in [6.07, 6.45) is 1.61. The molecule has 3 amide bonds. The molecule has 150 valence electrons. The Morgan fingerprint density at radius 2 is 1.86 bits per heavy atom. The summed E-state index contributed by atoms with van der Waals surface area (Å²) in [5.41, 5.74) is 1.24. The van der Waals surface area contributed by atoms with Gasteiger partial charge in [-0.1, -0.05) is 18.2 Å². The van der Waals surface area contributed by atoms with Crippen LogP contribution in [-0.4, -0.2) is 42.2 Å². The molecule has 0 saturated carbocycles. The minimum Gasteiger partial charge on any atom is -0.497 e. The lowest BCUT2D eigenvalue weighted by atomic mass is 10.2. The maximum Gasteiger partial charge on any atom is 0.294 e. The average molecular weight is 412 g/mol. The molecule has 0 spiro atoms. The largest absolute Gasteiger partial charge is 0.497 e. The van der Waals surface area contributed by atoms with E-state index in [-0.39, 0.29) is 11.4 Å². The molecule has 1 fully saturated rings. The molecule has 29 heavy (non-hydrogen) atoms. The quantitative estimate of drug-likeness (QED) is 0.697. The first-order valence-electron chi connectivity index (χ1n) is 8.93.